The van der Waals surface area contributed by atoms with Crippen LogP contribution < -0.4 is 5.32 Å². The van der Waals surface area contributed by atoms with Crippen LogP contribution in [0, 0.1) is 12.7 Å². The second-order valence-corrected chi connectivity index (χ2v) is 8.38. The summed E-state index contributed by atoms with van der Waals surface area (Å²) in [5, 5.41) is 7.60. The Morgan fingerprint density at radius 2 is 1.91 bits per heavy atom. The SMILES string of the molecule is Cc1nc(-c2ccc(F)cc2)c(-c2ccc3nc(NC(=O)C4=CCc5ccncc54)cn3n2)n1C. The van der Waals surface area contributed by atoms with E-state index in [-0.39, 0.29) is 11.7 Å². The number of imidazole rings is 2. The standard InChI is InChI=1S/C26H20FN7O/c1-15-29-24(17-3-6-18(27)7-4-17)25(33(15)2)21-9-10-23-30-22(14-34(23)32-21)31-26(35)19-8-5-16-11-12-28-13-20(16)19/h3-4,6-14H,5H2,1-2H3,(H,31,35). The molecule has 4 aromatic heterocycles. The lowest BCUT2D eigenvalue weighted by Crippen LogP contribution is -2.13. The fraction of sp³-hybridized carbons (Fsp3) is 0.115. The van der Waals surface area contributed by atoms with Crippen LogP contribution in [-0.4, -0.2) is 35.0 Å². The first-order valence-corrected chi connectivity index (χ1v) is 11.1. The Labute approximate surface area is 199 Å². The van der Waals surface area contributed by atoms with Crippen LogP contribution in [0.25, 0.3) is 33.9 Å². The van der Waals surface area contributed by atoms with Gasteiger partial charge in [0.1, 0.15) is 17.3 Å². The zero-order valence-electron chi connectivity index (χ0n) is 19.0. The number of anilines is 1. The summed E-state index contributed by atoms with van der Waals surface area (Å²) in [5.74, 6) is 0.669. The maximum atomic E-state index is 13.5. The van der Waals surface area contributed by atoms with Crippen molar-refractivity contribution >= 4 is 22.9 Å². The topological polar surface area (TPSA) is 90.0 Å². The normalized spacial score (nSPS) is 12.6. The smallest absolute Gasteiger partial charge is 0.257 e. The summed E-state index contributed by atoms with van der Waals surface area (Å²) in [5.41, 5.74) is 6.09. The fourth-order valence-electron chi connectivity index (χ4n) is 4.35. The molecule has 0 spiro atoms. The molecule has 9 heteroatoms. The molecule has 0 fully saturated rings. The molecule has 0 radical (unpaired) electrons. The summed E-state index contributed by atoms with van der Waals surface area (Å²) in [7, 11) is 1.91. The second-order valence-electron chi connectivity index (χ2n) is 8.38. The van der Waals surface area contributed by atoms with E-state index in [1.54, 1.807) is 35.2 Å². The Bertz CT molecular complexity index is 1650. The maximum Gasteiger partial charge on any atom is 0.257 e. The minimum absolute atomic E-state index is 0.235. The number of amides is 1. The van der Waals surface area contributed by atoms with Crippen molar-refractivity contribution in [1.29, 1.82) is 0 Å². The molecule has 1 amide bonds. The summed E-state index contributed by atoms with van der Waals surface area (Å²) < 4.78 is 17.0. The number of nitrogens with one attached hydrogen (secondary N) is 1. The average Bonchev–Trinajstić information content (AvgIpc) is 3.54. The van der Waals surface area contributed by atoms with E-state index >= 15 is 0 Å². The first kappa shape index (κ1) is 20.9. The summed E-state index contributed by atoms with van der Waals surface area (Å²) in [6.07, 6.45) is 7.72. The molecular weight excluding hydrogens is 445 g/mol. The van der Waals surface area contributed by atoms with E-state index in [9.17, 15) is 9.18 Å². The second kappa shape index (κ2) is 7.98. The lowest BCUT2D eigenvalue weighted by atomic mass is 10.1. The lowest BCUT2D eigenvalue weighted by Gasteiger charge is -2.07. The van der Waals surface area contributed by atoms with E-state index in [0.29, 0.717) is 34.8 Å². The van der Waals surface area contributed by atoms with Gasteiger partial charge in [0.15, 0.2) is 11.5 Å². The first-order valence-electron chi connectivity index (χ1n) is 11.1. The molecule has 0 atom stereocenters. The predicted octanol–water partition coefficient (Wildman–Crippen LogP) is 4.22. The van der Waals surface area contributed by atoms with Crippen LogP contribution in [0.5, 0.6) is 0 Å². The van der Waals surface area contributed by atoms with Gasteiger partial charge >= 0.3 is 0 Å². The largest absolute Gasteiger partial charge is 0.330 e. The van der Waals surface area contributed by atoms with Gasteiger partial charge in [-0.15, -0.1) is 0 Å². The van der Waals surface area contributed by atoms with Crippen molar-refractivity contribution in [2.24, 2.45) is 7.05 Å². The molecule has 172 valence electrons. The van der Waals surface area contributed by atoms with Gasteiger partial charge in [0, 0.05) is 36.1 Å². The number of benzene rings is 1. The van der Waals surface area contributed by atoms with Crippen molar-refractivity contribution in [3.05, 3.63) is 89.9 Å². The molecule has 6 rings (SSSR count). The van der Waals surface area contributed by atoms with Crippen LogP contribution in [0.1, 0.15) is 17.0 Å². The number of hydrogen-bond donors (Lipinski definition) is 1. The van der Waals surface area contributed by atoms with Crippen LogP contribution in [0.4, 0.5) is 10.2 Å². The number of hydrogen-bond acceptors (Lipinski definition) is 5. The maximum absolute atomic E-state index is 13.5. The number of halogens is 1. The number of aromatic nitrogens is 6. The van der Waals surface area contributed by atoms with E-state index < -0.39 is 0 Å². The molecule has 1 aliphatic carbocycles. The van der Waals surface area contributed by atoms with Gasteiger partial charge in [-0.2, -0.15) is 5.10 Å². The number of pyridine rings is 1. The van der Waals surface area contributed by atoms with Crippen molar-refractivity contribution in [1.82, 2.24) is 29.1 Å². The summed E-state index contributed by atoms with van der Waals surface area (Å²) in [6, 6.07) is 11.9. The number of allylic oxidation sites excluding steroid dienone is 1. The number of carbonyl (C=O) groups excluding carboxylic acids is 1. The van der Waals surface area contributed by atoms with Gasteiger partial charge < -0.3 is 9.88 Å². The average molecular weight is 465 g/mol. The van der Waals surface area contributed by atoms with Crippen LogP contribution >= 0.6 is 0 Å². The van der Waals surface area contributed by atoms with Gasteiger partial charge in [-0.1, -0.05) is 6.08 Å². The van der Waals surface area contributed by atoms with E-state index in [0.717, 1.165) is 28.2 Å². The quantitative estimate of drug-likeness (QED) is 0.429. The minimum atomic E-state index is -0.302. The Balaban J connectivity index is 1.33. The van der Waals surface area contributed by atoms with E-state index in [2.05, 4.69) is 20.3 Å². The molecule has 0 aliphatic heterocycles. The Morgan fingerprint density at radius 3 is 2.74 bits per heavy atom. The van der Waals surface area contributed by atoms with Crippen molar-refractivity contribution < 1.29 is 9.18 Å². The van der Waals surface area contributed by atoms with Gasteiger partial charge in [-0.25, -0.2) is 18.9 Å². The zero-order valence-corrected chi connectivity index (χ0v) is 19.0. The van der Waals surface area contributed by atoms with Crippen LogP contribution in [0.3, 0.4) is 0 Å². The van der Waals surface area contributed by atoms with Crippen molar-refractivity contribution in [2.75, 3.05) is 5.32 Å². The number of nitrogens with zero attached hydrogens (tertiary/aromatic N) is 6. The Morgan fingerprint density at radius 1 is 1.09 bits per heavy atom. The molecule has 0 saturated heterocycles. The lowest BCUT2D eigenvalue weighted by molar-refractivity contribution is -0.111. The molecule has 0 unspecified atom stereocenters. The summed E-state index contributed by atoms with van der Waals surface area (Å²) >= 11 is 0. The van der Waals surface area contributed by atoms with Crippen molar-refractivity contribution in [3.8, 4) is 22.6 Å². The highest BCUT2D eigenvalue weighted by atomic mass is 19.1. The van der Waals surface area contributed by atoms with Crippen LogP contribution in [-0.2, 0) is 18.3 Å². The van der Waals surface area contributed by atoms with Crippen LogP contribution in [0.2, 0.25) is 0 Å². The van der Waals surface area contributed by atoms with Crippen molar-refractivity contribution in [3.63, 3.8) is 0 Å². The third-order valence-electron chi connectivity index (χ3n) is 6.21. The highest BCUT2D eigenvalue weighted by Crippen LogP contribution is 2.32. The molecule has 0 bridgehead atoms. The zero-order chi connectivity index (χ0) is 24.1. The molecule has 35 heavy (non-hydrogen) atoms. The number of rotatable bonds is 4. The molecule has 8 nitrogen and oxygen atoms in total. The molecule has 4 heterocycles. The van der Waals surface area contributed by atoms with Crippen molar-refractivity contribution in [2.45, 2.75) is 13.3 Å². The summed E-state index contributed by atoms with van der Waals surface area (Å²) in [6.45, 7) is 1.91. The molecule has 1 N–H and O–H groups in total. The summed E-state index contributed by atoms with van der Waals surface area (Å²) in [4.78, 5) is 26.2. The highest BCUT2D eigenvalue weighted by Gasteiger charge is 2.22. The van der Waals surface area contributed by atoms with Gasteiger partial charge in [0.05, 0.1) is 17.6 Å². The molecular formula is C26H20FN7O. The molecule has 1 aliphatic rings. The third-order valence-corrected chi connectivity index (χ3v) is 6.21. The van der Waals surface area contributed by atoms with Gasteiger partial charge in [0.2, 0.25) is 0 Å². The van der Waals surface area contributed by atoms with E-state index in [1.807, 2.05) is 42.8 Å². The molecule has 5 aromatic rings. The van der Waals surface area contributed by atoms with Gasteiger partial charge in [-0.05, 0) is 61.4 Å². The Kier molecular flexibility index (Phi) is 4.77. The molecule has 1 aromatic carbocycles. The molecule has 0 saturated carbocycles. The monoisotopic (exact) mass is 465 g/mol. The van der Waals surface area contributed by atoms with Gasteiger partial charge in [-0.3, -0.25) is 9.78 Å². The highest BCUT2D eigenvalue weighted by molar-refractivity contribution is 6.26. The Hall–Kier alpha value is -4.66. The number of fused-ring (bicyclic) bond motifs is 2. The van der Waals surface area contributed by atoms with Gasteiger partial charge in [0.25, 0.3) is 5.91 Å². The number of aryl methyl sites for hydroxylation is 1. The fourth-order valence-corrected chi connectivity index (χ4v) is 4.35. The first-order chi connectivity index (χ1) is 17.0. The third kappa shape index (κ3) is 3.57. The predicted molar refractivity (Wildman–Crippen MR) is 130 cm³/mol. The van der Waals surface area contributed by atoms with E-state index in [1.165, 1.54) is 12.1 Å². The van der Waals surface area contributed by atoms with Crippen LogP contribution in [0.15, 0.2) is 67.1 Å². The number of carbonyl (C=O) groups is 1. The minimum Gasteiger partial charge on any atom is -0.330 e. The van der Waals surface area contributed by atoms with E-state index in [4.69, 9.17) is 5.10 Å².